The Morgan fingerprint density at radius 3 is 2.76 bits per heavy atom. The Morgan fingerprint density at radius 1 is 1.33 bits per heavy atom. The van der Waals surface area contributed by atoms with Crippen LogP contribution in [0.3, 0.4) is 0 Å². The Kier molecular flexibility index (Phi) is 5.11. The van der Waals surface area contributed by atoms with Gasteiger partial charge in [-0.05, 0) is 43.4 Å². The molecule has 1 aromatic carbocycles. The van der Waals surface area contributed by atoms with Gasteiger partial charge in [0.1, 0.15) is 10.6 Å². The quantitative estimate of drug-likeness (QED) is 0.867. The second-order valence-corrected chi connectivity index (χ2v) is 7.43. The summed E-state index contributed by atoms with van der Waals surface area (Å²) in [5, 5.41) is 0. The zero-order valence-corrected chi connectivity index (χ0v) is 13.5. The molecule has 118 valence electrons. The zero-order valence-electron chi connectivity index (χ0n) is 12.7. The third-order valence-electron chi connectivity index (χ3n) is 4.19. The highest BCUT2D eigenvalue weighted by atomic mass is 32.2. The first-order valence-electron chi connectivity index (χ1n) is 7.42. The number of nitrogen functional groups attached to an aromatic ring is 1. The van der Waals surface area contributed by atoms with E-state index in [4.69, 9.17) is 10.5 Å². The molecule has 5 nitrogen and oxygen atoms in total. The van der Waals surface area contributed by atoms with Crippen LogP contribution in [-0.4, -0.2) is 32.9 Å². The maximum Gasteiger partial charge on any atom is 0.246 e. The summed E-state index contributed by atoms with van der Waals surface area (Å²) in [6.45, 7) is 3.30. The SMILES string of the molecule is CCC1CCCN(S(=O)(=O)c2cc(N)ccc2OC)CC1. The van der Waals surface area contributed by atoms with Gasteiger partial charge in [0.2, 0.25) is 10.0 Å². The first-order valence-corrected chi connectivity index (χ1v) is 8.86. The van der Waals surface area contributed by atoms with Gasteiger partial charge in [0.25, 0.3) is 0 Å². The van der Waals surface area contributed by atoms with Crippen LogP contribution in [0.15, 0.2) is 23.1 Å². The number of benzene rings is 1. The number of hydrogen-bond donors (Lipinski definition) is 1. The van der Waals surface area contributed by atoms with E-state index >= 15 is 0 Å². The van der Waals surface area contributed by atoms with E-state index in [0.29, 0.717) is 30.4 Å². The molecule has 0 saturated carbocycles. The van der Waals surface area contributed by atoms with E-state index in [1.807, 2.05) is 0 Å². The fraction of sp³-hybridized carbons (Fsp3) is 0.600. The number of sulfonamides is 1. The summed E-state index contributed by atoms with van der Waals surface area (Å²) in [7, 11) is -2.08. The van der Waals surface area contributed by atoms with Crippen molar-refractivity contribution in [1.29, 1.82) is 0 Å². The van der Waals surface area contributed by atoms with Crippen molar-refractivity contribution in [3.8, 4) is 5.75 Å². The Bertz CT molecular complexity index is 587. The predicted molar refractivity (Wildman–Crippen MR) is 83.8 cm³/mol. The van der Waals surface area contributed by atoms with Crippen LogP contribution in [0.25, 0.3) is 0 Å². The van der Waals surface area contributed by atoms with Gasteiger partial charge in [0.05, 0.1) is 7.11 Å². The molecule has 1 aliphatic rings. The van der Waals surface area contributed by atoms with Gasteiger partial charge in [0.15, 0.2) is 0 Å². The standard InChI is InChI=1S/C15H24N2O3S/c1-3-12-5-4-9-17(10-8-12)21(18,19)15-11-13(16)6-7-14(15)20-2/h6-7,11-12H,3-5,8-10,16H2,1-2H3. The molecule has 1 aromatic rings. The molecule has 1 unspecified atom stereocenters. The van der Waals surface area contributed by atoms with Gasteiger partial charge in [0, 0.05) is 18.8 Å². The highest BCUT2D eigenvalue weighted by Gasteiger charge is 2.29. The molecule has 1 heterocycles. The van der Waals surface area contributed by atoms with Crippen LogP contribution in [0.5, 0.6) is 5.75 Å². The number of methoxy groups -OCH3 is 1. The normalized spacial score (nSPS) is 21.0. The average molecular weight is 312 g/mol. The van der Waals surface area contributed by atoms with Gasteiger partial charge >= 0.3 is 0 Å². The molecular weight excluding hydrogens is 288 g/mol. The van der Waals surface area contributed by atoms with Crippen molar-refractivity contribution >= 4 is 15.7 Å². The predicted octanol–water partition coefficient (Wildman–Crippen LogP) is 2.48. The monoisotopic (exact) mass is 312 g/mol. The molecule has 6 heteroatoms. The molecule has 0 spiro atoms. The van der Waals surface area contributed by atoms with E-state index < -0.39 is 10.0 Å². The molecule has 1 fully saturated rings. The van der Waals surface area contributed by atoms with Crippen molar-refractivity contribution in [2.24, 2.45) is 5.92 Å². The van der Waals surface area contributed by atoms with Crippen LogP contribution < -0.4 is 10.5 Å². The van der Waals surface area contributed by atoms with Crippen molar-refractivity contribution in [3.05, 3.63) is 18.2 Å². The van der Waals surface area contributed by atoms with Crippen molar-refractivity contribution < 1.29 is 13.2 Å². The van der Waals surface area contributed by atoms with E-state index in [1.54, 1.807) is 16.4 Å². The van der Waals surface area contributed by atoms with Crippen LogP contribution in [0.4, 0.5) is 5.69 Å². The molecule has 2 rings (SSSR count). The second kappa shape index (κ2) is 6.66. The van der Waals surface area contributed by atoms with Crippen molar-refractivity contribution in [2.45, 2.75) is 37.5 Å². The molecule has 2 N–H and O–H groups in total. The fourth-order valence-electron chi connectivity index (χ4n) is 2.82. The maximum atomic E-state index is 12.9. The lowest BCUT2D eigenvalue weighted by atomic mass is 9.98. The Morgan fingerprint density at radius 2 is 2.10 bits per heavy atom. The van der Waals surface area contributed by atoms with E-state index in [9.17, 15) is 8.42 Å². The summed E-state index contributed by atoms with van der Waals surface area (Å²) in [5.74, 6) is 0.966. The van der Waals surface area contributed by atoms with Gasteiger partial charge in [-0.1, -0.05) is 13.3 Å². The van der Waals surface area contributed by atoms with E-state index in [-0.39, 0.29) is 4.90 Å². The highest BCUT2D eigenvalue weighted by Crippen LogP contribution is 2.31. The van der Waals surface area contributed by atoms with Crippen LogP contribution in [0.1, 0.15) is 32.6 Å². The van der Waals surface area contributed by atoms with Crippen molar-refractivity contribution in [1.82, 2.24) is 4.31 Å². The number of ether oxygens (including phenoxy) is 1. The fourth-order valence-corrected chi connectivity index (χ4v) is 4.51. The summed E-state index contributed by atoms with van der Waals surface area (Å²) < 4.78 is 32.5. The smallest absolute Gasteiger partial charge is 0.246 e. The number of anilines is 1. The first kappa shape index (κ1) is 16.1. The summed E-state index contributed by atoms with van der Waals surface area (Å²) in [4.78, 5) is 0.167. The molecule has 0 radical (unpaired) electrons. The zero-order chi connectivity index (χ0) is 15.5. The number of nitrogens with zero attached hydrogens (tertiary/aromatic N) is 1. The van der Waals surface area contributed by atoms with Crippen LogP contribution in [0, 0.1) is 5.92 Å². The number of rotatable bonds is 4. The minimum Gasteiger partial charge on any atom is -0.495 e. The molecule has 1 atom stereocenters. The number of hydrogen-bond acceptors (Lipinski definition) is 4. The van der Waals surface area contributed by atoms with E-state index in [1.165, 1.54) is 13.2 Å². The van der Waals surface area contributed by atoms with Gasteiger partial charge < -0.3 is 10.5 Å². The molecule has 1 aliphatic heterocycles. The first-order chi connectivity index (χ1) is 9.98. The Balaban J connectivity index is 2.31. The largest absolute Gasteiger partial charge is 0.495 e. The summed E-state index contributed by atoms with van der Waals surface area (Å²) >= 11 is 0. The topological polar surface area (TPSA) is 72.6 Å². The third-order valence-corrected chi connectivity index (χ3v) is 6.11. The Labute approximate surface area is 127 Å². The third kappa shape index (κ3) is 3.49. The minimum absolute atomic E-state index is 0.167. The van der Waals surface area contributed by atoms with Gasteiger partial charge in [-0.3, -0.25) is 0 Å². The lowest BCUT2D eigenvalue weighted by Gasteiger charge is -2.21. The van der Waals surface area contributed by atoms with Crippen LogP contribution in [-0.2, 0) is 10.0 Å². The molecular formula is C15H24N2O3S. The summed E-state index contributed by atoms with van der Waals surface area (Å²) in [6, 6.07) is 4.73. The van der Waals surface area contributed by atoms with E-state index in [2.05, 4.69) is 6.92 Å². The van der Waals surface area contributed by atoms with Crippen molar-refractivity contribution in [2.75, 3.05) is 25.9 Å². The molecule has 0 aliphatic carbocycles. The lowest BCUT2D eigenvalue weighted by Crippen LogP contribution is -2.32. The van der Waals surface area contributed by atoms with Gasteiger partial charge in [-0.2, -0.15) is 4.31 Å². The summed E-state index contributed by atoms with van der Waals surface area (Å²) in [6.07, 6.45) is 4.02. The second-order valence-electron chi connectivity index (χ2n) is 5.52. The van der Waals surface area contributed by atoms with Crippen molar-refractivity contribution in [3.63, 3.8) is 0 Å². The highest BCUT2D eigenvalue weighted by molar-refractivity contribution is 7.89. The minimum atomic E-state index is -3.55. The van der Waals surface area contributed by atoms with E-state index in [0.717, 1.165) is 25.7 Å². The van der Waals surface area contributed by atoms with Gasteiger partial charge in [-0.15, -0.1) is 0 Å². The Hall–Kier alpha value is -1.27. The molecule has 0 bridgehead atoms. The van der Waals surface area contributed by atoms with Gasteiger partial charge in [-0.25, -0.2) is 8.42 Å². The molecule has 21 heavy (non-hydrogen) atoms. The van der Waals surface area contributed by atoms with Crippen LogP contribution in [0.2, 0.25) is 0 Å². The average Bonchev–Trinajstić information content (AvgIpc) is 2.73. The number of nitrogens with two attached hydrogens (primary N) is 1. The summed E-state index contributed by atoms with van der Waals surface area (Å²) in [5.41, 5.74) is 6.17. The van der Waals surface area contributed by atoms with Crippen LogP contribution >= 0.6 is 0 Å². The molecule has 0 amide bonds. The maximum absolute atomic E-state index is 12.9. The molecule has 1 saturated heterocycles. The molecule has 0 aromatic heterocycles. The lowest BCUT2D eigenvalue weighted by molar-refractivity contribution is 0.388.